The van der Waals surface area contributed by atoms with Gasteiger partial charge >= 0.3 is 0 Å². The maximum atomic E-state index is 2.40. The van der Waals surface area contributed by atoms with Crippen molar-refractivity contribution in [2.75, 3.05) is 0 Å². The third kappa shape index (κ3) is 5.99. The Morgan fingerprint density at radius 3 is 0.790 bits per heavy atom. The van der Waals surface area contributed by atoms with Crippen LogP contribution in [0, 0.1) is 0 Å². The molecule has 0 saturated carbocycles. The second kappa shape index (κ2) is 14.9. The first-order valence-electron chi connectivity index (χ1n) is 21.5. The smallest absolute Gasteiger partial charge is 0.000139 e. The largest absolute Gasteiger partial charge is 0.0622 e. The molecule has 0 aromatic heterocycles. The number of fused-ring (bicyclic) bond motifs is 5. The molecule has 0 bridgehead atoms. The normalized spacial score (nSPS) is 11.5. The van der Waals surface area contributed by atoms with Crippen molar-refractivity contribution in [3.05, 3.63) is 243 Å². The minimum absolute atomic E-state index is 1.19. The molecule has 0 atom stereocenters. The van der Waals surface area contributed by atoms with Crippen LogP contribution in [-0.4, -0.2) is 0 Å². The van der Waals surface area contributed by atoms with Gasteiger partial charge in [0.15, 0.2) is 0 Å². The Bertz CT molecular complexity index is 3390. The van der Waals surface area contributed by atoms with E-state index in [9.17, 15) is 0 Å². The van der Waals surface area contributed by atoms with Crippen LogP contribution in [0.15, 0.2) is 243 Å². The fourth-order valence-electron chi connectivity index (χ4n) is 9.94. The Kier molecular flexibility index (Phi) is 8.61. The van der Waals surface area contributed by atoms with Gasteiger partial charge in [0, 0.05) is 0 Å². The van der Waals surface area contributed by atoms with Gasteiger partial charge in [-0.15, -0.1) is 0 Å². The van der Waals surface area contributed by atoms with Crippen molar-refractivity contribution in [1.82, 2.24) is 0 Å². The molecule has 12 aromatic carbocycles. The molecular formula is C62H40. The summed E-state index contributed by atoms with van der Waals surface area (Å²) >= 11 is 0. The summed E-state index contributed by atoms with van der Waals surface area (Å²) in [6, 6.07) is 89.7. The van der Waals surface area contributed by atoms with Crippen LogP contribution >= 0.6 is 0 Å². The maximum absolute atomic E-state index is 2.40. The van der Waals surface area contributed by atoms with Crippen LogP contribution in [0.2, 0.25) is 0 Å². The third-order valence-corrected chi connectivity index (χ3v) is 12.8. The summed E-state index contributed by atoms with van der Waals surface area (Å²) in [4.78, 5) is 0. The van der Waals surface area contributed by atoms with E-state index in [0.717, 1.165) is 0 Å². The molecule has 0 N–H and O–H groups in total. The van der Waals surface area contributed by atoms with Crippen LogP contribution < -0.4 is 0 Å². The molecule has 0 aliphatic carbocycles. The highest BCUT2D eigenvalue weighted by molar-refractivity contribution is 6.34. The lowest BCUT2D eigenvalue weighted by molar-refractivity contribution is 1.60. The maximum Gasteiger partial charge on any atom is -0.000139 e. The first-order chi connectivity index (χ1) is 30.8. The highest BCUT2D eigenvalue weighted by Crippen LogP contribution is 2.54. The van der Waals surface area contributed by atoms with Gasteiger partial charge in [0.2, 0.25) is 0 Å². The van der Waals surface area contributed by atoms with Gasteiger partial charge in [-0.25, -0.2) is 0 Å². The van der Waals surface area contributed by atoms with Crippen LogP contribution in [0.4, 0.5) is 0 Å². The van der Waals surface area contributed by atoms with Gasteiger partial charge < -0.3 is 0 Å². The van der Waals surface area contributed by atoms with Crippen molar-refractivity contribution in [1.29, 1.82) is 0 Å². The molecule has 0 nitrogen and oxygen atoms in total. The minimum Gasteiger partial charge on any atom is -0.0622 e. The van der Waals surface area contributed by atoms with Crippen LogP contribution in [0.5, 0.6) is 0 Å². The zero-order valence-corrected chi connectivity index (χ0v) is 34.1. The van der Waals surface area contributed by atoms with E-state index in [1.807, 2.05) is 0 Å². The Labute approximate surface area is 361 Å². The van der Waals surface area contributed by atoms with E-state index >= 15 is 0 Å². The number of rotatable bonds is 6. The van der Waals surface area contributed by atoms with Gasteiger partial charge in [0.1, 0.15) is 0 Å². The first kappa shape index (κ1) is 35.8. The topological polar surface area (TPSA) is 0 Å². The highest BCUT2D eigenvalue weighted by atomic mass is 14.3. The predicted molar refractivity (Wildman–Crippen MR) is 267 cm³/mol. The summed E-state index contributed by atoms with van der Waals surface area (Å²) in [5.74, 6) is 0. The zero-order valence-electron chi connectivity index (χ0n) is 34.1. The molecule has 0 saturated heterocycles. The minimum atomic E-state index is 1.19. The van der Waals surface area contributed by atoms with E-state index in [1.54, 1.807) is 0 Å². The fraction of sp³-hybridized carbons (Fsp3) is 0. The summed E-state index contributed by atoms with van der Waals surface area (Å²) in [6.45, 7) is 0. The van der Waals surface area contributed by atoms with E-state index in [1.165, 1.54) is 121 Å². The van der Waals surface area contributed by atoms with Crippen LogP contribution in [0.25, 0.3) is 121 Å². The van der Waals surface area contributed by atoms with Gasteiger partial charge in [-0.3, -0.25) is 0 Å². The van der Waals surface area contributed by atoms with Crippen molar-refractivity contribution in [3.63, 3.8) is 0 Å². The molecular weight excluding hydrogens is 745 g/mol. The van der Waals surface area contributed by atoms with Crippen LogP contribution in [-0.2, 0) is 0 Å². The highest BCUT2D eigenvalue weighted by Gasteiger charge is 2.26. The molecule has 0 radical (unpaired) electrons. The van der Waals surface area contributed by atoms with E-state index in [0.29, 0.717) is 0 Å². The van der Waals surface area contributed by atoms with Gasteiger partial charge in [-0.2, -0.15) is 0 Å². The van der Waals surface area contributed by atoms with E-state index < -0.39 is 0 Å². The van der Waals surface area contributed by atoms with E-state index in [4.69, 9.17) is 0 Å². The van der Waals surface area contributed by atoms with Gasteiger partial charge in [-0.1, -0.05) is 231 Å². The number of hydrogen-bond acceptors (Lipinski definition) is 0. The SMILES string of the molecule is c1ccc(-c2ccc(-c3c4ccccc4c(-c4ccc(-c5ccccc5)cc4)c4c(-c5ccc6ccccc6c5)c5ccccc5c(-c5ccc6ccccc6c5)c34)cc2)cc1. The molecule has 0 fully saturated rings. The molecule has 0 unspecified atom stereocenters. The van der Waals surface area contributed by atoms with Gasteiger partial charge in [0.05, 0.1) is 0 Å². The Morgan fingerprint density at radius 1 is 0.161 bits per heavy atom. The lowest BCUT2D eigenvalue weighted by atomic mass is 9.77. The standard InChI is InChI=1S/C62H40/c1-3-15-41(16-4-1)45-27-33-47(34-28-45)57-53-23-11-12-24-54(53)58(48-35-29-46(30-36-48)42-17-5-2-6-18-42)62-60(52-38-32-44-20-8-10-22-50(44)40-52)56-26-14-13-25-55(56)59(61(57)62)51-37-31-43-19-7-9-21-49(43)39-51/h1-40H. The van der Waals surface area contributed by atoms with Crippen LogP contribution in [0.1, 0.15) is 0 Å². The fourth-order valence-corrected chi connectivity index (χ4v) is 9.94. The average molecular weight is 785 g/mol. The van der Waals surface area contributed by atoms with E-state index in [-0.39, 0.29) is 0 Å². The molecule has 0 spiro atoms. The zero-order chi connectivity index (χ0) is 41.0. The summed E-state index contributed by atoms with van der Waals surface area (Å²) < 4.78 is 0. The second-order valence-electron chi connectivity index (χ2n) is 16.4. The van der Waals surface area contributed by atoms with Crippen molar-refractivity contribution < 1.29 is 0 Å². The third-order valence-electron chi connectivity index (χ3n) is 12.8. The van der Waals surface area contributed by atoms with Crippen molar-refractivity contribution in [3.8, 4) is 66.8 Å². The Hall–Kier alpha value is -8.06. The van der Waals surface area contributed by atoms with Gasteiger partial charge in [0.25, 0.3) is 0 Å². The molecule has 12 aromatic rings. The molecule has 0 aliphatic heterocycles. The lowest BCUT2D eigenvalue weighted by Crippen LogP contribution is -1.98. The summed E-state index contributed by atoms with van der Waals surface area (Å²) in [5, 5.41) is 12.4. The lowest BCUT2D eigenvalue weighted by Gasteiger charge is -2.25. The quantitative estimate of drug-likeness (QED) is 0.147. The molecule has 62 heavy (non-hydrogen) atoms. The predicted octanol–water partition coefficient (Wildman–Crippen LogP) is 17.5. The molecule has 0 heteroatoms. The summed E-state index contributed by atoms with van der Waals surface area (Å²) in [7, 11) is 0. The molecule has 0 aliphatic rings. The molecule has 0 heterocycles. The van der Waals surface area contributed by atoms with Crippen LogP contribution in [0.3, 0.4) is 0 Å². The van der Waals surface area contributed by atoms with Crippen molar-refractivity contribution in [2.45, 2.75) is 0 Å². The molecule has 0 amide bonds. The van der Waals surface area contributed by atoms with Crippen molar-refractivity contribution >= 4 is 53.9 Å². The number of benzene rings is 12. The monoisotopic (exact) mass is 784 g/mol. The first-order valence-corrected chi connectivity index (χ1v) is 21.5. The molecule has 12 rings (SSSR count). The second-order valence-corrected chi connectivity index (χ2v) is 16.4. The number of hydrogen-bond donors (Lipinski definition) is 0. The Morgan fingerprint density at radius 2 is 0.419 bits per heavy atom. The summed E-state index contributed by atoms with van der Waals surface area (Å²) in [6.07, 6.45) is 0. The molecule has 288 valence electrons. The van der Waals surface area contributed by atoms with Gasteiger partial charge in [-0.05, 0) is 133 Å². The van der Waals surface area contributed by atoms with Crippen molar-refractivity contribution in [2.24, 2.45) is 0 Å². The average Bonchev–Trinajstić information content (AvgIpc) is 3.35. The Balaban J connectivity index is 1.29. The van der Waals surface area contributed by atoms with E-state index in [2.05, 4.69) is 243 Å². The summed E-state index contributed by atoms with van der Waals surface area (Å²) in [5.41, 5.74) is 14.6.